The maximum Gasteiger partial charge on any atom is 0.251 e. The van der Waals surface area contributed by atoms with Crippen LogP contribution in [0.25, 0.3) is 0 Å². The molecule has 0 saturated carbocycles. The Morgan fingerprint density at radius 1 is 1.12 bits per heavy atom. The Hall–Kier alpha value is -2.18. The minimum absolute atomic E-state index is 0.0356. The Morgan fingerprint density at radius 2 is 1.88 bits per heavy atom. The lowest BCUT2D eigenvalue weighted by Crippen LogP contribution is -2.31. The first-order valence-electron chi connectivity index (χ1n) is 8.31. The van der Waals surface area contributed by atoms with E-state index in [9.17, 15) is 13.2 Å². The second kappa shape index (κ2) is 6.98. The number of amides is 1. The van der Waals surface area contributed by atoms with Gasteiger partial charge in [-0.2, -0.15) is 0 Å². The van der Waals surface area contributed by atoms with E-state index in [-0.39, 0.29) is 16.8 Å². The number of carbonyl (C=O) groups excluding carboxylic acids is 1. The topological polar surface area (TPSA) is 66.5 Å². The summed E-state index contributed by atoms with van der Waals surface area (Å²) in [5.41, 5.74) is 2.77. The molecule has 3 rings (SSSR count). The molecule has 2 aromatic carbocycles. The molecule has 2 aromatic rings. The molecule has 1 aliphatic carbocycles. The summed E-state index contributed by atoms with van der Waals surface area (Å²) in [5.74, 6) is -0.252. The number of fused-ring (bicyclic) bond motifs is 1. The summed E-state index contributed by atoms with van der Waals surface area (Å²) in [7, 11) is -0.615. The van der Waals surface area contributed by atoms with Gasteiger partial charge in [0.25, 0.3) is 5.91 Å². The fraction of sp³-hybridized carbons (Fsp3) is 0.316. The molecule has 1 aliphatic rings. The van der Waals surface area contributed by atoms with Gasteiger partial charge in [-0.25, -0.2) is 12.7 Å². The Morgan fingerprint density at radius 3 is 2.64 bits per heavy atom. The zero-order valence-electron chi connectivity index (χ0n) is 14.4. The number of nitrogens with one attached hydrogen (secondary N) is 1. The minimum atomic E-state index is -3.56. The predicted molar refractivity (Wildman–Crippen MR) is 96.9 cm³/mol. The smallest absolute Gasteiger partial charge is 0.251 e. The Bertz CT molecular complexity index is 891. The fourth-order valence-electron chi connectivity index (χ4n) is 3.15. The van der Waals surface area contributed by atoms with Crippen molar-refractivity contribution in [3.05, 3.63) is 65.2 Å². The lowest BCUT2D eigenvalue weighted by Gasteiger charge is -2.26. The molecule has 5 nitrogen and oxygen atoms in total. The van der Waals surface area contributed by atoms with Crippen molar-refractivity contribution < 1.29 is 13.2 Å². The van der Waals surface area contributed by atoms with Crippen molar-refractivity contribution in [3.8, 4) is 0 Å². The minimum Gasteiger partial charge on any atom is -0.345 e. The summed E-state index contributed by atoms with van der Waals surface area (Å²) in [6.45, 7) is 0. The van der Waals surface area contributed by atoms with Crippen molar-refractivity contribution in [2.45, 2.75) is 30.2 Å². The van der Waals surface area contributed by atoms with Crippen LogP contribution in [0.2, 0.25) is 0 Å². The number of hydrogen-bond acceptors (Lipinski definition) is 3. The van der Waals surface area contributed by atoms with Crippen LogP contribution in [0, 0.1) is 0 Å². The number of sulfonamides is 1. The van der Waals surface area contributed by atoms with Crippen LogP contribution in [0.1, 0.15) is 40.4 Å². The molecular weight excluding hydrogens is 336 g/mol. The fourth-order valence-corrected chi connectivity index (χ4v) is 4.10. The van der Waals surface area contributed by atoms with Gasteiger partial charge in [0.1, 0.15) is 0 Å². The molecule has 0 fully saturated rings. The van der Waals surface area contributed by atoms with Crippen molar-refractivity contribution in [2.24, 2.45) is 0 Å². The van der Waals surface area contributed by atoms with E-state index in [1.165, 1.54) is 31.8 Å². The van der Waals surface area contributed by atoms with Gasteiger partial charge in [-0.05, 0) is 48.6 Å². The third-order valence-electron chi connectivity index (χ3n) is 4.55. The average molecular weight is 358 g/mol. The van der Waals surface area contributed by atoms with Gasteiger partial charge in [0.2, 0.25) is 10.0 Å². The van der Waals surface area contributed by atoms with E-state index in [4.69, 9.17) is 0 Å². The molecule has 0 aromatic heterocycles. The molecule has 0 spiro atoms. The van der Waals surface area contributed by atoms with Crippen LogP contribution in [-0.4, -0.2) is 32.7 Å². The molecule has 1 atom stereocenters. The van der Waals surface area contributed by atoms with E-state index >= 15 is 0 Å². The zero-order valence-corrected chi connectivity index (χ0v) is 15.2. The van der Waals surface area contributed by atoms with Gasteiger partial charge in [0.05, 0.1) is 10.9 Å². The van der Waals surface area contributed by atoms with Crippen LogP contribution in [0.4, 0.5) is 0 Å². The molecule has 0 bridgehead atoms. The molecule has 132 valence electrons. The van der Waals surface area contributed by atoms with Crippen molar-refractivity contribution in [2.75, 3.05) is 14.1 Å². The van der Waals surface area contributed by atoms with Gasteiger partial charge >= 0.3 is 0 Å². The average Bonchev–Trinajstić information content (AvgIpc) is 2.62. The molecule has 0 saturated heterocycles. The van der Waals surface area contributed by atoms with E-state index in [0.29, 0.717) is 5.56 Å². The van der Waals surface area contributed by atoms with E-state index in [2.05, 4.69) is 11.4 Å². The number of nitrogens with zero attached hydrogens (tertiary/aromatic N) is 1. The summed E-state index contributed by atoms with van der Waals surface area (Å²) < 4.78 is 25.6. The quantitative estimate of drug-likeness (QED) is 0.914. The summed E-state index contributed by atoms with van der Waals surface area (Å²) in [6, 6.07) is 14.3. The lowest BCUT2D eigenvalue weighted by molar-refractivity contribution is 0.0932. The molecule has 0 unspecified atom stereocenters. The van der Waals surface area contributed by atoms with Gasteiger partial charge in [0.15, 0.2) is 0 Å². The van der Waals surface area contributed by atoms with Crippen LogP contribution >= 0.6 is 0 Å². The second-order valence-corrected chi connectivity index (χ2v) is 8.58. The van der Waals surface area contributed by atoms with Crippen molar-refractivity contribution in [1.29, 1.82) is 0 Å². The number of hydrogen-bond donors (Lipinski definition) is 1. The SMILES string of the molecule is CN(C)S(=O)(=O)c1cccc(C(=O)N[C@H]2CCCc3ccccc32)c1. The van der Waals surface area contributed by atoms with Crippen LogP contribution < -0.4 is 5.32 Å². The number of carbonyl (C=O) groups is 1. The molecular formula is C19H22N2O3S. The van der Waals surface area contributed by atoms with Gasteiger partial charge in [0, 0.05) is 19.7 Å². The molecule has 0 radical (unpaired) electrons. The van der Waals surface area contributed by atoms with Gasteiger partial charge < -0.3 is 5.32 Å². The summed E-state index contributed by atoms with van der Waals surface area (Å²) in [5, 5.41) is 3.05. The highest BCUT2D eigenvalue weighted by Crippen LogP contribution is 2.29. The van der Waals surface area contributed by atoms with E-state index < -0.39 is 10.0 Å². The summed E-state index contributed by atoms with van der Waals surface area (Å²) in [6.07, 6.45) is 2.94. The normalized spacial score (nSPS) is 17.2. The monoisotopic (exact) mass is 358 g/mol. The first kappa shape index (κ1) is 17.6. The van der Waals surface area contributed by atoms with E-state index in [1.54, 1.807) is 12.1 Å². The van der Waals surface area contributed by atoms with Gasteiger partial charge in [-0.1, -0.05) is 30.3 Å². The van der Waals surface area contributed by atoms with E-state index in [1.807, 2.05) is 18.2 Å². The number of rotatable bonds is 4. The maximum absolute atomic E-state index is 12.7. The van der Waals surface area contributed by atoms with Gasteiger partial charge in [-0.15, -0.1) is 0 Å². The zero-order chi connectivity index (χ0) is 18.0. The number of benzene rings is 2. The predicted octanol–water partition coefficient (Wildman–Crippen LogP) is 2.74. The first-order valence-corrected chi connectivity index (χ1v) is 9.75. The number of aryl methyl sites for hydroxylation is 1. The highest BCUT2D eigenvalue weighted by molar-refractivity contribution is 7.89. The van der Waals surface area contributed by atoms with Crippen LogP contribution in [0.5, 0.6) is 0 Å². The Balaban J connectivity index is 1.84. The molecule has 0 aliphatic heterocycles. The summed E-state index contributed by atoms with van der Waals surface area (Å²) in [4.78, 5) is 12.8. The van der Waals surface area contributed by atoms with Crippen molar-refractivity contribution in [3.63, 3.8) is 0 Å². The second-order valence-electron chi connectivity index (χ2n) is 6.43. The van der Waals surface area contributed by atoms with Crippen molar-refractivity contribution >= 4 is 15.9 Å². The summed E-state index contributed by atoms with van der Waals surface area (Å²) >= 11 is 0. The molecule has 6 heteroatoms. The van der Waals surface area contributed by atoms with Gasteiger partial charge in [-0.3, -0.25) is 4.79 Å². The molecule has 25 heavy (non-hydrogen) atoms. The molecule has 1 amide bonds. The highest BCUT2D eigenvalue weighted by Gasteiger charge is 2.23. The third kappa shape index (κ3) is 3.60. The largest absolute Gasteiger partial charge is 0.345 e. The van der Waals surface area contributed by atoms with Crippen LogP contribution in [0.3, 0.4) is 0 Å². The standard InChI is InChI=1S/C19H22N2O3S/c1-21(2)25(23,24)16-10-5-9-15(13-16)19(22)20-18-12-6-8-14-7-3-4-11-17(14)18/h3-5,7,9-11,13,18H,6,8,12H2,1-2H3,(H,20,22)/t18-/m0/s1. The van der Waals surface area contributed by atoms with Crippen LogP contribution in [0.15, 0.2) is 53.4 Å². The highest BCUT2D eigenvalue weighted by atomic mass is 32.2. The van der Waals surface area contributed by atoms with E-state index in [0.717, 1.165) is 29.1 Å². The third-order valence-corrected chi connectivity index (χ3v) is 6.36. The first-order chi connectivity index (χ1) is 11.9. The Kier molecular flexibility index (Phi) is 4.92. The lowest BCUT2D eigenvalue weighted by atomic mass is 9.87. The van der Waals surface area contributed by atoms with Crippen molar-refractivity contribution in [1.82, 2.24) is 9.62 Å². The van der Waals surface area contributed by atoms with Crippen LogP contribution in [-0.2, 0) is 16.4 Å². The molecule has 0 heterocycles. The molecule has 1 N–H and O–H groups in total. The maximum atomic E-state index is 12.7. The Labute approximate surface area is 148 Å².